The Labute approximate surface area is 237 Å². The topological polar surface area (TPSA) is 89.8 Å². The number of unbranched alkanes of at least 4 members (excludes halogenated alkanes) is 22. The lowest BCUT2D eigenvalue weighted by Crippen LogP contribution is -2.50. The van der Waals surface area contributed by atoms with Crippen molar-refractivity contribution in [2.75, 3.05) is 6.61 Å². The van der Waals surface area contributed by atoms with E-state index in [1.165, 1.54) is 116 Å². The second-order valence-electron chi connectivity index (χ2n) is 11.7. The van der Waals surface area contributed by atoms with E-state index in [1.54, 1.807) is 0 Å². The van der Waals surface area contributed by atoms with Gasteiger partial charge >= 0.3 is 0 Å². The molecule has 0 saturated carbocycles. The molecule has 228 valence electrons. The van der Waals surface area contributed by atoms with Crippen molar-refractivity contribution in [1.82, 2.24) is 5.32 Å². The van der Waals surface area contributed by atoms with E-state index in [-0.39, 0.29) is 12.5 Å². The third-order valence-electron chi connectivity index (χ3n) is 7.96. The smallest absolute Gasteiger partial charge is 0.220 e. The van der Waals surface area contributed by atoms with Crippen LogP contribution in [0.4, 0.5) is 0 Å². The summed E-state index contributed by atoms with van der Waals surface area (Å²) in [7, 11) is 0. The molecule has 0 radical (unpaired) electrons. The summed E-state index contributed by atoms with van der Waals surface area (Å²) in [5.41, 5.74) is 0. The minimum atomic E-state index is -1.13. The lowest BCUT2D eigenvalue weighted by molar-refractivity contribution is -0.124. The van der Waals surface area contributed by atoms with Crippen LogP contribution in [0, 0.1) is 0 Å². The average Bonchev–Trinajstić information content (AvgIpc) is 2.92. The Bertz CT molecular complexity index is 488. The average molecular weight is 542 g/mol. The number of aliphatic hydroxyl groups excluding tert-OH is 3. The van der Waals surface area contributed by atoms with E-state index in [0.717, 1.165) is 38.5 Å². The van der Waals surface area contributed by atoms with Crippen molar-refractivity contribution in [2.24, 2.45) is 0 Å². The molecule has 0 spiro atoms. The lowest BCUT2D eigenvalue weighted by Gasteiger charge is -2.26. The van der Waals surface area contributed by atoms with Crippen molar-refractivity contribution in [1.29, 1.82) is 0 Å². The minimum absolute atomic E-state index is 0.145. The molecule has 0 aromatic rings. The van der Waals surface area contributed by atoms with E-state index >= 15 is 0 Å². The van der Waals surface area contributed by atoms with Crippen molar-refractivity contribution in [3.05, 3.63) is 0 Å². The van der Waals surface area contributed by atoms with Gasteiger partial charge in [0.05, 0.1) is 18.8 Å². The molecular formula is C33H67NO4. The number of rotatable bonds is 30. The summed E-state index contributed by atoms with van der Waals surface area (Å²) in [6.07, 6.45) is 29.0. The third-order valence-corrected chi connectivity index (χ3v) is 7.96. The Morgan fingerprint density at radius 3 is 1.26 bits per heavy atom. The highest BCUT2D eigenvalue weighted by molar-refractivity contribution is 5.76. The monoisotopic (exact) mass is 542 g/mol. The summed E-state index contributed by atoms with van der Waals surface area (Å²) in [6.45, 7) is 4.14. The van der Waals surface area contributed by atoms with Gasteiger partial charge in [-0.25, -0.2) is 0 Å². The summed E-state index contributed by atoms with van der Waals surface area (Å²) in [5.74, 6) is -0.145. The fourth-order valence-electron chi connectivity index (χ4n) is 5.28. The lowest BCUT2D eigenvalue weighted by atomic mass is 9.99. The molecule has 5 heteroatoms. The van der Waals surface area contributed by atoms with Gasteiger partial charge in [-0.1, -0.05) is 162 Å². The number of hydrogen-bond donors (Lipinski definition) is 4. The van der Waals surface area contributed by atoms with Gasteiger partial charge in [-0.15, -0.1) is 0 Å². The first-order chi connectivity index (χ1) is 18.6. The SMILES string of the molecule is CCCCCCCCCCCCCCCCC(=O)NC(CO)C(O)C(O)CCCCCCCCCCCC. The van der Waals surface area contributed by atoms with Crippen LogP contribution >= 0.6 is 0 Å². The van der Waals surface area contributed by atoms with Crippen LogP contribution in [-0.4, -0.2) is 46.1 Å². The quantitative estimate of drug-likeness (QED) is 0.0688. The van der Waals surface area contributed by atoms with Crippen molar-refractivity contribution < 1.29 is 20.1 Å². The molecule has 0 saturated heterocycles. The molecule has 0 bridgehead atoms. The van der Waals surface area contributed by atoms with Gasteiger partial charge < -0.3 is 20.6 Å². The molecule has 3 atom stereocenters. The van der Waals surface area contributed by atoms with Gasteiger partial charge in [-0.3, -0.25) is 4.79 Å². The molecular weight excluding hydrogens is 474 g/mol. The van der Waals surface area contributed by atoms with Gasteiger partial charge in [0.1, 0.15) is 6.10 Å². The zero-order valence-corrected chi connectivity index (χ0v) is 25.6. The standard InChI is InChI=1S/C33H67NO4/c1-3-5-7-9-11-13-15-16-17-18-20-22-24-26-28-32(37)34-30(29-35)33(38)31(36)27-25-23-21-19-14-12-10-8-6-4-2/h30-31,33,35-36,38H,3-29H2,1-2H3,(H,34,37). The van der Waals surface area contributed by atoms with Crippen LogP contribution < -0.4 is 5.32 Å². The molecule has 0 aromatic heterocycles. The maximum Gasteiger partial charge on any atom is 0.220 e. The first-order valence-corrected chi connectivity index (χ1v) is 16.8. The van der Waals surface area contributed by atoms with Crippen LogP contribution in [0.2, 0.25) is 0 Å². The van der Waals surface area contributed by atoms with Crippen molar-refractivity contribution in [2.45, 2.75) is 199 Å². The third kappa shape index (κ3) is 24.4. The summed E-state index contributed by atoms with van der Waals surface area (Å²) < 4.78 is 0. The Balaban J connectivity index is 3.69. The van der Waals surface area contributed by atoms with E-state index in [2.05, 4.69) is 19.2 Å². The fraction of sp³-hybridized carbons (Fsp3) is 0.970. The molecule has 0 aliphatic carbocycles. The van der Waals surface area contributed by atoms with E-state index in [4.69, 9.17) is 0 Å². The van der Waals surface area contributed by atoms with Crippen LogP contribution in [0.25, 0.3) is 0 Å². The maximum absolute atomic E-state index is 12.3. The normalized spacial score (nSPS) is 13.9. The molecule has 0 aliphatic rings. The zero-order valence-electron chi connectivity index (χ0n) is 25.6. The molecule has 5 nitrogen and oxygen atoms in total. The molecule has 0 fully saturated rings. The Kier molecular flexibility index (Phi) is 28.8. The molecule has 0 rings (SSSR count). The van der Waals surface area contributed by atoms with Gasteiger partial charge in [0.2, 0.25) is 5.91 Å². The second kappa shape index (κ2) is 29.3. The maximum atomic E-state index is 12.3. The van der Waals surface area contributed by atoms with Crippen molar-refractivity contribution in [3.63, 3.8) is 0 Å². The highest BCUT2D eigenvalue weighted by atomic mass is 16.3. The number of amides is 1. The summed E-state index contributed by atoms with van der Waals surface area (Å²) in [5, 5.41) is 33.2. The van der Waals surface area contributed by atoms with Gasteiger partial charge in [-0.2, -0.15) is 0 Å². The molecule has 0 aliphatic heterocycles. The molecule has 0 aromatic carbocycles. The molecule has 3 unspecified atom stereocenters. The molecule has 0 heterocycles. The van der Waals surface area contributed by atoms with E-state index in [9.17, 15) is 20.1 Å². The summed E-state index contributed by atoms with van der Waals surface area (Å²) >= 11 is 0. The van der Waals surface area contributed by atoms with Crippen LogP contribution in [0.15, 0.2) is 0 Å². The van der Waals surface area contributed by atoms with Crippen LogP contribution in [0.3, 0.4) is 0 Å². The molecule has 38 heavy (non-hydrogen) atoms. The fourth-order valence-corrected chi connectivity index (χ4v) is 5.28. The highest BCUT2D eigenvalue weighted by Crippen LogP contribution is 2.15. The van der Waals surface area contributed by atoms with Gasteiger partial charge in [0.15, 0.2) is 0 Å². The van der Waals surface area contributed by atoms with E-state index in [1.807, 2.05) is 0 Å². The number of aliphatic hydroxyl groups is 3. The number of nitrogens with one attached hydrogen (secondary N) is 1. The van der Waals surface area contributed by atoms with E-state index in [0.29, 0.717) is 12.8 Å². The van der Waals surface area contributed by atoms with Crippen LogP contribution in [-0.2, 0) is 4.79 Å². The van der Waals surface area contributed by atoms with Crippen LogP contribution in [0.1, 0.15) is 181 Å². The second-order valence-corrected chi connectivity index (χ2v) is 11.7. The Morgan fingerprint density at radius 2 is 0.895 bits per heavy atom. The van der Waals surface area contributed by atoms with Crippen molar-refractivity contribution >= 4 is 5.91 Å². The minimum Gasteiger partial charge on any atom is -0.394 e. The molecule has 1 amide bonds. The summed E-state index contributed by atoms with van der Waals surface area (Å²) in [4.78, 5) is 12.3. The number of hydrogen-bond acceptors (Lipinski definition) is 4. The Hall–Kier alpha value is -0.650. The number of carbonyl (C=O) groups is 1. The van der Waals surface area contributed by atoms with Gasteiger partial charge in [0.25, 0.3) is 0 Å². The van der Waals surface area contributed by atoms with Gasteiger partial charge in [0, 0.05) is 6.42 Å². The highest BCUT2D eigenvalue weighted by Gasteiger charge is 2.26. The summed E-state index contributed by atoms with van der Waals surface area (Å²) in [6, 6.07) is -0.799. The first-order valence-electron chi connectivity index (χ1n) is 16.8. The predicted octanol–water partition coefficient (Wildman–Crippen LogP) is 8.37. The zero-order chi connectivity index (χ0) is 28.1. The number of carbonyl (C=O) groups excluding carboxylic acids is 1. The largest absolute Gasteiger partial charge is 0.394 e. The van der Waals surface area contributed by atoms with Gasteiger partial charge in [-0.05, 0) is 12.8 Å². The Morgan fingerprint density at radius 1 is 0.553 bits per heavy atom. The molecule has 4 N–H and O–H groups in total. The van der Waals surface area contributed by atoms with Crippen molar-refractivity contribution in [3.8, 4) is 0 Å². The van der Waals surface area contributed by atoms with E-state index < -0.39 is 18.2 Å². The first kappa shape index (κ1) is 37.4. The van der Waals surface area contributed by atoms with Crippen LogP contribution in [0.5, 0.6) is 0 Å². The predicted molar refractivity (Wildman–Crippen MR) is 162 cm³/mol.